The lowest BCUT2D eigenvalue weighted by molar-refractivity contribution is -0.211. The average molecular weight is 411 g/mol. The molecule has 3 fully saturated rings. The van der Waals surface area contributed by atoms with Crippen molar-refractivity contribution in [1.29, 1.82) is 0 Å². The van der Waals surface area contributed by atoms with Crippen LogP contribution in [0.15, 0.2) is 11.6 Å². The van der Waals surface area contributed by atoms with Crippen molar-refractivity contribution in [3.8, 4) is 0 Å². The smallest absolute Gasteiger partial charge is 0.341 e. The van der Waals surface area contributed by atoms with Crippen molar-refractivity contribution >= 4 is 11.8 Å². The van der Waals surface area contributed by atoms with Crippen LogP contribution in [0.25, 0.3) is 0 Å². The lowest BCUT2D eigenvalue weighted by Crippen LogP contribution is -2.57. The molecule has 164 valence electrons. The van der Waals surface area contributed by atoms with Crippen molar-refractivity contribution in [3.05, 3.63) is 11.6 Å². The van der Waals surface area contributed by atoms with Crippen molar-refractivity contribution in [2.45, 2.75) is 116 Å². The van der Waals surface area contributed by atoms with Crippen LogP contribution < -0.4 is 0 Å². The molecule has 1 aliphatic carbocycles. The second-order valence-corrected chi connectivity index (χ2v) is 10.2. The van der Waals surface area contributed by atoms with Crippen molar-refractivity contribution in [1.82, 2.24) is 0 Å². The van der Waals surface area contributed by atoms with Crippen LogP contribution >= 0.6 is 0 Å². The number of ether oxygens (including phenoxy) is 5. The fourth-order valence-electron chi connectivity index (χ4n) is 4.64. The molecule has 29 heavy (non-hydrogen) atoms. The van der Waals surface area contributed by atoms with Crippen molar-refractivity contribution in [3.63, 3.8) is 0 Å². The van der Waals surface area contributed by atoms with Crippen LogP contribution in [0.1, 0.15) is 74.7 Å². The predicted octanol–water partition coefficient (Wildman–Crippen LogP) is 3.44. The molecule has 0 aromatic heterocycles. The van der Waals surface area contributed by atoms with Crippen LogP contribution in [0.5, 0.6) is 0 Å². The Bertz CT molecular complexity index is 717. The zero-order chi connectivity index (χ0) is 21.8. The molecule has 7 heteroatoms. The van der Waals surface area contributed by atoms with E-state index in [1.54, 1.807) is 19.9 Å². The third-order valence-electron chi connectivity index (χ3n) is 5.32. The summed E-state index contributed by atoms with van der Waals surface area (Å²) < 4.78 is 30.1. The van der Waals surface area contributed by atoms with Crippen LogP contribution in [0, 0.1) is 0 Å². The van der Waals surface area contributed by atoms with E-state index >= 15 is 0 Å². The summed E-state index contributed by atoms with van der Waals surface area (Å²) in [6.07, 6.45) is 1.28. The zero-order valence-corrected chi connectivity index (χ0v) is 18.8. The summed E-state index contributed by atoms with van der Waals surface area (Å²) in [7, 11) is 0. The molecular weight excluding hydrogens is 376 g/mol. The summed E-state index contributed by atoms with van der Waals surface area (Å²) in [6.45, 7) is 14.7. The first-order chi connectivity index (χ1) is 13.1. The summed E-state index contributed by atoms with van der Waals surface area (Å²) in [5.74, 6) is -2.19. The number of carbonyl (C=O) groups is 2. The summed E-state index contributed by atoms with van der Waals surface area (Å²) in [5, 5.41) is 0. The third-order valence-corrected chi connectivity index (χ3v) is 5.32. The normalized spacial score (nSPS) is 35.3. The minimum Gasteiger partial charge on any atom is -0.432 e. The van der Waals surface area contributed by atoms with Gasteiger partial charge >= 0.3 is 5.97 Å². The molecule has 2 aliphatic heterocycles. The molecule has 0 aromatic rings. The monoisotopic (exact) mass is 410 g/mol. The molecule has 2 heterocycles. The van der Waals surface area contributed by atoms with E-state index in [0.29, 0.717) is 6.42 Å². The highest BCUT2D eigenvalue weighted by molar-refractivity contribution is 5.90. The molecule has 0 N–H and O–H groups in total. The summed E-state index contributed by atoms with van der Waals surface area (Å²) in [6, 6.07) is 0. The number of hydrogen-bond donors (Lipinski definition) is 0. The van der Waals surface area contributed by atoms with Gasteiger partial charge in [-0.3, -0.25) is 4.79 Å². The highest BCUT2D eigenvalue weighted by Gasteiger charge is 2.64. The van der Waals surface area contributed by atoms with Gasteiger partial charge in [0.1, 0.15) is 6.10 Å². The number of esters is 1. The second kappa shape index (κ2) is 7.15. The van der Waals surface area contributed by atoms with Gasteiger partial charge in [0.05, 0.1) is 17.8 Å². The maximum Gasteiger partial charge on any atom is 0.341 e. The first kappa shape index (κ1) is 22.4. The van der Waals surface area contributed by atoms with Gasteiger partial charge in [0.2, 0.25) is 5.79 Å². The Labute approximate surface area is 173 Å². The lowest BCUT2D eigenvalue weighted by Gasteiger charge is -2.43. The molecule has 0 bridgehead atoms. The van der Waals surface area contributed by atoms with E-state index in [9.17, 15) is 9.59 Å². The Balaban J connectivity index is 1.84. The first-order valence-corrected chi connectivity index (χ1v) is 10.3. The van der Waals surface area contributed by atoms with Gasteiger partial charge in [-0.15, -0.1) is 0 Å². The Morgan fingerprint density at radius 3 is 2.34 bits per heavy atom. The molecule has 0 radical (unpaired) electrons. The molecule has 0 unspecified atom stereocenters. The van der Waals surface area contributed by atoms with E-state index < -0.39 is 34.8 Å². The molecule has 0 amide bonds. The van der Waals surface area contributed by atoms with Gasteiger partial charge in [0, 0.05) is 33.1 Å². The van der Waals surface area contributed by atoms with Gasteiger partial charge in [0.15, 0.2) is 17.2 Å². The van der Waals surface area contributed by atoms with Crippen LogP contribution in [0.3, 0.4) is 0 Å². The maximum atomic E-state index is 12.8. The van der Waals surface area contributed by atoms with Gasteiger partial charge in [0.25, 0.3) is 0 Å². The molecule has 1 saturated carbocycles. The van der Waals surface area contributed by atoms with Crippen molar-refractivity contribution in [2.24, 2.45) is 0 Å². The van der Waals surface area contributed by atoms with Crippen LogP contribution in [-0.2, 0) is 33.3 Å². The molecule has 4 atom stereocenters. The molecule has 0 aromatic carbocycles. The Hall–Kier alpha value is -1.28. The maximum absolute atomic E-state index is 12.8. The summed E-state index contributed by atoms with van der Waals surface area (Å²) >= 11 is 0. The number of cyclic esters (lactones) is 1. The number of rotatable bonds is 5. The van der Waals surface area contributed by atoms with E-state index in [-0.39, 0.29) is 30.8 Å². The van der Waals surface area contributed by atoms with Crippen LogP contribution in [0.4, 0.5) is 0 Å². The van der Waals surface area contributed by atoms with Crippen molar-refractivity contribution < 1.29 is 33.3 Å². The molecular formula is C22H34O7. The molecule has 7 nitrogen and oxygen atoms in total. The van der Waals surface area contributed by atoms with E-state index in [4.69, 9.17) is 23.7 Å². The van der Waals surface area contributed by atoms with Crippen LogP contribution in [-0.4, -0.2) is 52.8 Å². The average Bonchev–Trinajstić information content (AvgIpc) is 2.88. The van der Waals surface area contributed by atoms with Gasteiger partial charge in [-0.2, -0.15) is 0 Å². The zero-order valence-electron chi connectivity index (χ0n) is 18.8. The van der Waals surface area contributed by atoms with Crippen molar-refractivity contribution in [2.75, 3.05) is 0 Å². The number of fused-ring (bicyclic) bond motifs is 1. The van der Waals surface area contributed by atoms with Gasteiger partial charge < -0.3 is 23.7 Å². The predicted molar refractivity (Wildman–Crippen MR) is 105 cm³/mol. The van der Waals surface area contributed by atoms with E-state index in [2.05, 4.69) is 0 Å². The number of carbonyl (C=O) groups excluding carboxylic acids is 2. The first-order valence-electron chi connectivity index (χ1n) is 10.3. The summed E-state index contributed by atoms with van der Waals surface area (Å²) in [4.78, 5) is 25.1. The highest BCUT2D eigenvalue weighted by atomic mass is 16.8. The number of ketones is 1. The summed E-state index contributed by atoms with van der Waals surface area (Å²) in [5.41, 5.74) is -0.939. The number of hydrogen-bond acceptors (Lipinski definition) is 7. The Morgan fingerprint density at radius 2 is 1.79 bits per heavy atom. The van der Waals surface area contributed by atoms with E-state index in [0.717, 1.165) is 5.57 Å². The third kappa shape index (κ3) is 4.90. The van der Waals surface area contributed by atoms with E-state index in [1.165, 1.54) is 0 Å². The van der Waals surface area contributed by atoms with Gasteiger partial charge in [-0.25, -0.2) is 4.79 Å². The minimum absolute atomic E-state index is 0.00125. The highest BCUT2D eigenvalue weighted by Crippen LogP contribution is 2.49. The minimum atomic E-state index is -1.14. The lowest BCUT2D eigenvalue weighted by atomic mass is 9.79. The molecule has 2 saturated heterocycles. The van der Waals surface area contributed by atoms with Crippen LogP contribution in [0.2, 0.25) is 0 Å². The molecule has 3 rings (SSSR count). The quantitative estimate of drug-likeness (QED) is 0.507. The largest absolute Gasteiger partial charge is 0.432 e. The molecule has 3 aliphatic rings. The Morgan fingerprint density at radius 1 is 1.14 bits per heavy atom. The fourth-order valence-corrected chi connectivity index (χ4v) is 4.64. The van der Waals surface area contributed by atoms with Gasteiger partial charge in [-0.1, -0.05) is 5.57 Å². The number of allylic oxidation sites excluding steroid dienone is 2. The fraction of sp³-hybridized carbons (Fsp3) is 0.818. The molecule has 1 spiro atoms. The van der Waals surface area contributed by atoms with E-state index in [1.807, 2.05) is 41.5 Å². The SMILES string of the molecule is CC(C)=CC(=O)CC(C)(C)O[C@@H]1C[C@]2(C[C@H]3OC(C)(C)O[C@@H]13)OC(C)(C)OC2=O. The standard InChI is InChI=1S/C22H34O7/c1-13(2)9-14(23)10-19(3,4)25-15-11-22(18(24)28-21(7,8)29-22)12-16-17(15)27-20(5,6)26-16/h9,15-17H,10-12H2,1-8H3/t15-,16-,17+,22-/m1/s1. The second-order valence-electron chi connectivity index (χ2n) is 10.2. The van der Waals surface area contributed by atoms with Gasteiger partial charge in [-0.05, 0) is 47.6 Å². The Kier molecular flexibility index (Phi) is 5.52. The topological polar surface area (TPSA) is 80.3 Å².